The van der Waals surface area contributed by atoms with Crippen molar-refractivity contribution < 1.29 is 19.9 Å². The van der Waals surface area contributed by atoms with Crippen LogP contribution in [0.25, 0.3) is 6.08 Å². The summed E-state index contributed by atoms with van der Waals surface area (Å²) in [6, 6.07) is 10.8. The lowest BCUT2D eigenvalue weighted by molar-refractivity contribution is -0.385. The van der Waals surface area contributed by atoms with E-state index in [-0.39, 0.29) is 18.9 Å². The molecule has 2 aliphatic rings. The standard InChI is InChI=1S/C21H22N2O5/c1-20(2)17-5-3-4-6-18(17)22(9-10-24)21(20)8-7-14-11-16(23(26)27)12-15(13-25)19(14)28-21/h3-8,11-12,24-25H,9-10,13H2,1-2H3. The molecular formula is C21H22N2O5. The summed E-state index contributed by atoms with van der Waals surface area (Å²) in [6.45, 7) is 4.08. The number of ether oxygens (including phenoxy) is 1. The molecule has 2 heterocycles. The lowest BCUT2D eigenvalue weighted by Gasteiger charge is -2.47. The molecule has 2 aromatic rings. The molecule has 7 heteroatoms. The SMILES string of the molecule is CC1(C)c2ccccc2N(CCO)C12C=Cc1cc([N+](=O)[O-])cc(CO)c1O2. The minimum atomic E-state index is -0.924. The Morgan fingerprint density at radius 2 is 1.96 bits per heavy atom. The van der Waals surface area contributed by atoms with E-state index in [1.165, 1.54) is 12.1 Å². The Balaban J connectivity index is 1.91. The van der Waals surface area contributed by atoms with Crippen molar-refractivity contribution in [3.63, 3.8) is 0 Å². The van der Waals surface area contributed by atoms with E-state index in [1.807, 2.05) is 41.3 Å². The number of para-hydroxylation sites is 1. The van der Waals surface area contributed by atoms with Crippen molar-refractivity contribution in [3.8, 4) is 5.75 Å². The predicted molar refractivity (Wildman–Crippen MR) is 105 cm³/mol. The quantitative estimate of drug-likeness (QED) is 0.623. The van der Waals surface area contributed by atoms with E-state index in [9.17, 15) is 20.3 Å². The van der Waals surface area contributed by atoms with Crippen LogP contribution in [0.4, 0.5) is 11.4 Å². The van der Waals surface area contributed by atoms with Gasteiger partial charge in [0.25, 0.3) is 5.69 Å². The van der Waals surface area contributed by atoms with Gasteiger partial charge in [-0.25, -0.2) is 0 Å². The molecule has 1 unspecified atom stereocenters. The third kappa shape index (κ3) is 2.36. The van der Waals surface area contributed by atoms with Crippen molar-refractivity contribution in [1.29, 1.82) is 0 Å². The summed E-state index contributed by atoms with van der Waals surface area (Å²) in [5.41, 5.74) is 1.50. The fourth-order valence-corrected chi connectivity index (χ4v) is 4.37. The van der Waals surface area contributed by atoms with Crippen LogP contribution in [0.5, 0.6) is 5.75 Å². The average molecular weight is 382 g/mol. The molecule has 1 spiro atoms. The third-order valence-electron chi connectivity index (χ3n) is 5.80. The van der Waals surface area contributed by atoms with Crippen LogP contribution in [0.3, 0.4) is 0 Å². The predicted octanol–water partition coefficient (Wildman–Crippen LogP) is 2.98. The Bertz CT molecular complexity index is 985. The zero-order chi connectivity index (χ0) is 20.1. The smallest absolute Gasteiger partial charge is 0.270 e. The molecule has 0 aliphatic carbocycles. The van der Waals surface area contributed by atoms with Gasteiger partial charge in [0.05, 0.1) is 23.6 Å². The highest BCUT2D eigenvalue weighted by atomic mass is 16.6. The van der Waals surface area contributed by atoms with E-state index < -0.39 is 16.1 Å². The van der Waals surface area contributed by atoms with Gasteiger partial charge in [-0.3, -0.25) is 10.1 Å². The molecular weight excluding hydrogens is 360 g/mol. The molecule has 0 saturated heterocycles. The van der Waals surface area contributed by atoms with Gasteiger partial charge in [0, 0.05) is 35.5 Å². The molecule has 0 aromatic heterocycles. The number of rotatable bonds is 4. The van der Waals surface area contributed by atoms with Gasteiger partial charge in [-0.15, -0.1) is 0 Å². The Hall–Kier alpha value is -2.90. The minimum Gasteiger partial charge on any atom is -0.462 e. The highest BCUT2D eigenvalue weighted by Gasteiger charge is 2.58. The van der Waals surface area contributed by atoms with Crippen molar-refractivity contribution >= 4 is 17.5 Å². The number of β-amino-alcohol motifs (C(OH)–C–C–N with tert-alkyl or cyclic N) is 1. The summed E-state index contributed by atoms with van der Waals surface area (Å²) in [4.78, 5) is 12.8. The Kier molecular flexibility index (Phi) is 4.17. The highest BCUT2D eigenvalue weighted by molar-refractivity contribution is 5.74. The number of anilines is 1. The summed E-state index contributed by atoms with van der Waals surface area (Å²) in [6.07, 6.45) is 3.71. The third-order valence-corrected chi connectivity index (χ3v) is 5.80. The highest BCUT2D eigenvalue weighted by Crippen LogP contribution is 2.55. The number of benzene rings is 2. The molecule has 2 aromatic carbocycles. The fourth-order valence-electron chi connectivity index (χ4n) is 4.37. The van der Waals surface area contributed by atoms with Crippen LogP contribution in [0.15, 0.2) is 42.5 Å². The van der Waals surface area contributed by atoms with Crippen LogP contribution >= 0.6 is 0 Å². The first-order valence-corrected chi connectivity index (χ1v) is 9.14. The van der Waals surface area contributed by atoms with E-state index in [2.05, 4.69) is 13.8 Å². The fraction of sp³-hybridized carbons (Fsp3) is 0.333. The van der Waals surface area contributed by atoms with E-state index in [1.54, 1.807) is 0 Å². The summed E-state index contributed by atoms with van der Waals surface area (Å²) in [7, 11) is 0. The number of non-ortho nitro benzene ring substituents is 1. The van der Waals surface area contributed by atoms with E-state index >= 15 is 0 Å². The van der Waals surface area contributed by atoms with Crippen LogP contribution in [0.2, 0.25) is 0 Å². The molecule has 2 N–H and O–H groups in total. The summed E-state index contributed by atoms with van der Waals surface area (Å²) in [5.74, 6) is 0.430. The number of nitrogens with zero attached hydrogens (tertiary/aromatic N) is 2. The molecule has 0 amide bonds. The molecule has 7 nitrogen and oxygen atoms in total. The molecule has 0 fully saturated rings. The number of aliphatic hydroxyl groups is 2. The normalized spacial score (nSPS) is 21.4. The number of nitro groups is 1. The van der Waals surface area contributed by atoms with Crippen LogP contribution in [-0.2, 0) is 12.0 Å². The largest absolute Gasteiger partial charge is 0.462 e. The van der Waals surface area contributed by atoms with Gasteiger partial charge in [0.15, 0.2) is 0 Å². The number of fused-ring (bicyclic) bond motifs is 2. The van der Waals surface area contributed by atoms with E-state index in [0.29, 0.717) is 23.4 Å². The van der Waals surface area contributed by atoms with Crippen LogP contribution in [0, 0.1) is 10.1 Å². The lowest BCUT2D eigenvalue weighted by Crippen LogP contribution is -2.60. The zero-order valence-electron chi connectivity index (χ0n) is 15.8. The first kappa shape index (κ1) is 18.5. The van der Waals surface area contributed by atoms with Gasteiger partial charge in [-0.2, -0.15) is 0 Å². The average Bonchev–Trinajstić information content (AvgIpc) is 2.86. The molecule has 28 heavy (non-hydrogen) atoms. The molecule has 146 valence electrons. The maximum Gasteiger partial charge on any atom is 0.270 e. The van der Waals surface area contributed by atoms with Gasteiger partial charge in [-0.1, -0.05) is 18.2 Å². The van der Waals surface area contributed by atoms with E-state index in [0.717, 1.165) is 11.3 Å². The number of nitro benzene ring substituents is 1. The van der Waals surface area contributed by atoms with Gasteiger partial charge in [0.2, 0.25) is 5.72 Å². The monoisotopic (exact) mass is 382 g/mol. The second-order valence-electron chi connectivity index (χ2n) is 7.59. The molecule has 2 aliphatic heterocycles. The zero-order valence-corrected chi connectivity index (χ0v) is 15.8. The van der Waals surface area contributed by atoms with Gasteiger partial charge >= 0.3 is 0 Å². The molecule has 0 radical (unpaired) electrons. The van der Waals surface area contributed by atoms with Crippen LogP contribution < -0.4 is 9.64 Å². The van der Waals surface area contributed by atoms with Crippen molar-refractivity contribution in [2.24, 2.45) is 0 Å². The van der Waals surface area contributed by atoms with Gasteiger partial charge < -0.3 is 19.8 Å². The first-order valence-electron chi connectivity index (χ1n) is 9.14. The van der Waals surface area contributed by atoms with Crippen LogP contribution in [-0.4, -0.2) is 34.0 Å². The topological polar surface area (TPSA) is 96.1 Å². The molecule has 0 bridgehead atoms. The minimum absolute atomic E-state index is 0.0522. The molecule has 1 atom stereocenters. The Labute approximate surface area is 162 Å². The number of aliphatic hydroxyl groups excluding tert-OH is 2. The maximum atomic E-state index is 11.2. The summed E-state index contributed by atoms with van der Waals surface area (Å²) in [5, 5.41) is 30.7. The Morgan fingerprint density at radius 1 is 1.21 bits per heavy atom. The second kappa shape index (κ2) is 6.32. The van der Waals surface area contributed by atoms with E-state index in [4.69, 9.17) is 4.74 Å². The van der Waals surface area contributed by atoms with Crippen molar-refractivity contribution in [2.75, 3.05) is 18.1 Å². The second-order valence-corrected chi connectivity index (χ2v) is 7.59. The first-order chi connectivity index (χ1) is 13.4. The van der Waals surface area contributed by atoms with Crippen molar-refractivity contribution in [3.05, 3.63) is 69.3 Å². The molecule has 0 saturated carbocycles. The number of hydrogen-bond donors (Lipinski definition) is 2. The van der Waals surface area contributed by atoms with Crippen LogP contribution in [0.1, 0.15) is 30.5 Å². The van der Waals surface area contributed by atoms with Gasteiger partial charge in [-0.05, 0) is 37.6 Å². The maximum absolute atomic E-state index is 11.2. The summed E-state index contributed by atoms with van der Waals surface area (Å²) < 4.78 is 6.55. The van der Waals surface area contributed by atoms with Crippen molar-refractivity contribution in [1.82, 2.24) is 0 Å². The van der Waals surface area contributed by atoms with Gasteiger partial charge in [0.1, 0.15) is 5.75 Å². The molecule has 4 rings (SSSR count). The number of hydrogen-bond acceptors (Lipinski definition) is 6. The Morgan fingerprint density at radius 3 is 2.64 bits per heavy atom. The lowest BCUT2D eigenvalue weighted by atomic mass is 9.76. The van der Waals surface area contributed by atoms with Crippen molar-refractivity contribution in [2.45, 2.75) is 31.6 Å². The summed E-state index contributed by atoms with van der Waals surface area (Å²) >= 11 is 0.